The molecule has 2 aromatic carbocycles. The van der Waals surface area contributed by atoms with Crippen LogP contribution in [-0.4, -0.2) is 28.2 Å². The van der Waals surface area contributed by atoms with Gasteiger partial charge < -0.3 is 19.0 Å². The van der Waals surface area contributed by atoms with E-state index in [0.29, 0.717) is 22.2 Å². The Kier molecular flexibility index (Phi) is 3.43. The Balaban J connectivity index is 1.87. The molecule has 0 unspecified atom stereocenters. The molecule has 0 aliphatic heterocycles. The van der Waals surface area contributed by atoms with Crippen LogP contribution in [0.3, 0.4) is 0 Å². The molecule has 4 aromatic rings. The number of H-pyrrole nitrogens is 1. The number of alkyl halides is 3. The second-order valence-corrected chi connectivity index (χ2v) is 5.36. The van der Waals surface area contributed by atoms with Crippen LogP contribution in [0.5, 0.6) is 11.5 Å². The van der Waals surface area contributed by atoms with Gasteiger partial charge in [0, 0.05) is 12.1 Å². The van der Waals surface area contributed by atoms with E-state index in [-0.39, 0.29) is 11.3 Å². The number of ether oxygens (including phenoxy) is 2. The molecule has 26 heavy (non-hydrogen) atoms. The molecule has 0 saturated heterocycles. The lowest BCUT2D eigenvalue weighted by Crippen LogP contribution is -2.17. The lowest BCUT2D eigenvalue weighted by molar-refractivity contribution is -0.274. The van der Waals surface area contributed by atoms with Gasteiger partial charge in [-0.15, -0.1) is 13.2 Å². The first kappa shape index (κ1) is 16.1. The van der Waals surface area contributed by atoms with Crippen LogP contribution < -0.4 is 15.2 Å². The van der Waals surface area contributed by atoms with Gasteiger partial charge in [-0.1, -0.05) is 5.16 Å². The molecule has 2 heterocycles. The van der Waals surface area contributed by atoms with Crippen molar-refractivity contribution < 1.29 is 27.2 Å². The largest absolute Gasteiger partial charge is 0.573 e. The zero-order valence-electron chi connectivity index (χ0n) is 13.1. The highest BCUT2D eigenvalue weighted by Crippen LogP contribution is 2.29. The maximum Gasteiger partial charge on any atom is 0.573 e. The third-order valence-corrected chi connectivity index (χ3v) is 3.76. The zero-order valence-corrected chi connectivity index (χ0v) is 13.1. The zero-order chi connectivity index (χ0) is 18.5. The minimum Gasteiger partial charge on any atom is -0.497 e. The highest BCUT2D eigenvalue weighted by atomic mass is 19.4. The van der Waals surface area contributed by atoms with Gasteiger partial charge in [0.1, 0.15) is 11.5 Å². The number of methoxy groups -OCH3 is 1. The van der Waals surface area contributed by atoms with Crippen LogP contribution >= 0.6 is 0 Å². The van der Waals surface area contributed by atoms with E-state index in [0.717, 1.165) is 12.1 Å². The van der Waals surface area contributed by atoms with Crippen LogP contribution in [0.25, 0.3) is 27.8 Å². The number of aromatic amines is 1. The SMILES string of the molecule is COc1ccc2c(-n3c(=O)[nH]c4cc(OC(F)(F)F)ccc43)noc2c1. The average Bonchev–Trinajstić information content (AvgIpc) is 3.11. The van der Waals surface area contributed by atoms with Crippen molar-refractivity contribution in [1.82, 2.24) is 14.7 Å². The molecule has 4 rings (SSSR count). The summed E-state index contributed by atoms with van der Waals surface area (Å²) in [6.07, 6.45) is -4.82. The van der Waals surface area contributed by atoms with Crippen molar-refractivity contribution in [2.45, 2.75) is 6.36 Å². The summed E-state index contributed by atoms with van der Waals surface area (Å²) in [6, 6.07) is 8.50. The Morgan fingerprint density at radius 1 is 1.15 bits per heavy atom. The van der Waals surface area contributed by atoms with Gasteiger partial charge in [-0.3, -0.25) is 0 Å². The molecule has 7 nitrogen and oxygen atoms in total. The second kappa shape index (κ2) is 5.55. The van der Waals surface area contributed by atoms with Crippen LogP contribution in [0.1, 0.15) is 0 Å². The van der Waals surface area contributed by atoms with Crippen molar-refractivity contribution >= 4 is 22.0 Å². The monoisotopic (exact) mass is 365 g/mol. The van der Waals surface area contributed by atoms with Gasteiger partial charge in [0.05, 0.1) is 23.5 Å². The Hall–Kier alpha value is -3.43. The summed E-state index contributed by atoms with van der Waals surface area (Å²) in [5.74, 6) is 0.331. The molecule has 2 aromatic heterocycles. The van der Waals surface area contributed by atoms with Crippen LogP contribution in [-0.2, 0) is 0 Å². The fourth-order valence-corrected chi connectivity index (χ4v) is 2.69. The van der Waals surface area contributed by atoms with Gasteiger partial charge in [-0.05, 0) is 24.3 Å². The van der Waals surface area contributed by atoms with E-state index < -0.39 is 17.8 Å². The summed E-state index contributed by atoms with van der Waals surface area (Å²) in [7, 11) is 1.50. The fourth-order valence-electron chi connectivity index (χ4n) is 2.69. The van der Waals surface area contributed by atoms with Crippen molar-refractivity contribution in [3.05, 3.63) is 46.9 Å². The van der Waals surface area contributed by atoms with E-state index in [1.165, 1.54) is 17.7 Å². The van der Waals surface area contributed by atoms with Gasteiger partial charge in [0.25, 0.3) is 0 Å². The Labute approximate surface area is 142 Å². The van der Waals surface area contributed by atoms with Crippen LogP contribution in [0.15, 0.2) is 45.7 Å². The molecule has 0 bridgehead atoms. The second-order valence-electron chi connectivity index (χ2n) is 5.36. The summed E-state index contributed by atoms with van der Waals surface area (Å²) in [6.45, 7) is 0. The minimum atomic E-state index is -4.82. The highest BCUT2D eigenvalue weighted by molar-refractivity contribution is 5.88. The average molecular weight is 365 g/mol. The Morgan fingerprint density at radius 2 is 1.92 bits per heavy atom. The van der Waals surface area contributed by atoms with Gasteiger partial charge in [0.2, 0.25) is 0 Å². The molecule has 0 spiro atoms. The summed E-state index contributed by atoms with van der Waals surface area (Å²) >= 11 is 0. The van der Waals surface area contributed by atoms with E-state index in [1.54, 1.807) is 18.2 Å². The van der Waals surface area contributed by atoms with Crippen molar-refractivity contribution in [2.24, 2.45) is 0 Å². The topological polar surface area (TPSA) is 82.3 Å². The van der Waals surface area contributed by atoms with Crippen molar-refractivity contribution in [3.63, 3.8) is 0 Å². The molecule has 0 fully saturated rings. The number of fused-ring (bicyclic) bond motifs is 2. The molecule has 0 aliphatic carbocycles. The minimum absolute atomic E-state index is 0.168. The number of nitrogens with zero attached hydrogens (tertiary/aromatic N) is 2. The first-order valence-corrected chi connectivity index (χ1v) is 7.30. The molecule has 10 heteroatoms. The van der Waals surface area contributed by atoms with E-state index in [4.69, 9.17) is 9.26 Å². The van der Waals surface area contributed by atoms with Crippen molar-refractivity contribution in [3.8, 4) is 17.3 Å². The molecule has 0 aliphatic rings. The van der Waals surface area contributed by atoms with Gasteiger partial charge in [0.15, 0.2) is 11.4 Å². The molecular formula is C16H10F3N3O4. The number of nitrogens with one attached hydrogen (secondary N) is 1. The highest BCUT2D eigenvalue weighted by Gasteiger charge is 2.31. The predicted octanol–water partition coefficient (Wildman–Crippen LogP) is 3.37. The molecule has 0 saturated carbocycles. The van der Waals surface area contributed by atoms with Gasteiger partial charge in [-0.2, -0.15) is 0 Å². The molecule has 0 atom stereocenters. The number of rotatable bonds is 3. The van der Waals surface area contributed by atoms with Crippen molar-refractivity contribution in [2.75, 3.05) is 7.11 Å². The van der Waals surface area contributed by atoms with Gasteiger partial charge >= 0.3 is 12.1 Å². The summed E-state index contributed by atoms with van der Waals surface area (Å²) < 4.78 is 52.5. The third kappa shape index (κ3) is 2.65. The van der Waals surface area contributed by atoms with Crippen LogP contribution in [0.4, 0.5) is 13.2 Å². The molecule has 0 amide bonds. The Bertz CT molecular complexity index is 1170. The predicted molar refractivity (Wildman–Crippen MR) is 84.7 cm³/mol. The number of hydrogen-bond acceptors (Lipinski definition) is 5. The number of imidazole rings is 1. The number of aromatic nitrogens is 3. The summed E-state index contributed by atoms with van der Waals surface area (Å²) in [5, 5.41) is 4.45. The van der Waals surface area contributed by atoms with Gasteiger partial charge in [-0.25, -0.2) is 9.36 Å². The lowest BCUT2D eigenvalue weighted by Gasteiger charge is -2.08. The van der Waals surface area contributed by atoms with Crippen molar-refractivity contribution in [1.29, 1.82) is 0 Å². The Morgan fingerprint density at radius 3 is 2.65 bits per heavy atom. The maximum absolute atomic E-state index is 12.4. The summed E-state index contributed by atoms with van der Waals surface area (Å²) in [5.41, 5.74) is 0.324. The van der Waals surface area contributed by atoms with Crippen LogP contribution in [0, 0.1) is 0 Å². The van der Waals surface area contributed by atoms with E-state index in [1.807, 2.05) is 0 Å². The first-order valence-electron chi connectivity index (χ1n) is 7.30. The van der Waals surface area contributed by atoms with E-state index in [9.17, 15) is 18.0 Å². The van der Waals surface area contributed by atoms with Crippen LogP contribution in [0.2, 0.25) is 0 Å². The van der Waals surface area contributed by atoms with E-state index in [2.05, 4.69) is 14.9 Å². The standard InChI is InChI=1S/C16H10F3N3O4/c1-24-8-2-4-10-13(7-8)26-21-14(10)22-12-5-3-9(25-16(17,18)19)6-11(12)20-15(22)23/h2-7H,1H3,(H,20,23). The quantitative estimate of drug-likeness (QED) is 0.602. The number of benzene rings is 2. The molecule has 1 N–H and O–H groups in total. The molecule has 134 valence electrons. The molecule has 0 radical (unpaired) electrons. The summed E-state index contributed by atoms with van der Waals surface area (Å²) in [4.78, 5) is 14.8. The maximum atomic E-state index is 12.4. The normalized spacial score (nSPS) is 12.0. The van der Waals surface area contributed by atoms with E-state index >= 15 is 0 Å². The number of hydrogen-bond donors (Lipinski definition) is 1. The first-order chi connectivity index (χ1) is 12.4. The molecular weight excluding hydrogens is 355 g/mol. The fraction of sp³-hybridized carbons (Fsp3) is 0.125. The smallest absolute Gasteiger partial charge is 0.497 e. The lowest BCUT2D eigenvalue weighted by atomic mass is 10.2. The third-order valence-electron chi connectivity index (χ3n) is 3.76. The number of halogens is 3.